The summed E-state index contributed by atoms with van der Waals surface area (Å²) in [5.74, 6) is -0.116. The number of hydrogen-bond acceptors (Lipinski definition) is 4. The molecule has 0 saturated heterocycles. The summed E-state index contributed by atoms with van der Waals surface area (Å²) in [6.45, 7) is 3.90. The molecule has 1 atom stereocenters. The molecule has 1 heterocycles. The van der Waals surface area contributed by atoms with Crippen LogP contribution in [0.4, 0.5) is 5.13 Å². The van der Waals surface area contributed by atoms with E-state index in [2.05, 4.69) is 35.6 Å². The molecule has 0 aliphatic rings. The van der Waals surface area contributed by atoms with Gasteiger partial charge in [-0.15, -0.1) is 11.3 Å². The molecule has 4 aromatic carbocycles. The Labute approximate surface area is 208 Å². The maximum absolute atomic E-state index is 13.6. The zero-order valence-corrected chi connectivity index (χ0v) is 20.4. The third kappa shape index (κ3) is 4.68. The minimum Gasteiger partial charge on any atom is -0.508 e. The fourth-order valence-corrected chi connectivity index (χ4v) is 5.25. The van der Waals surface area contributed by atoms with Gasteiger partial charge in [0.05, 0.1) is 11.1 Å². The lowest BCUT2D eigenvalue weighted by atomic mass is 9.70. The van der Waals surface area contributed by atoms with Gasteiger partial charge in [-0.1, -0.05) is 92.7 Å². The SMILES string of the molecule is CC(C)(C(=O)Nc1nc(-c2ccc3ccccc3c2)cs1)C(c1ccccc1)c1ccc(O)cc1. The molecule has 5 aromatic rings. The Hall–Kier alpha value is -3.96. The van der Waals surface area contributed by atoms with Crippen molar-refractivity contribution in [2.45, 2.75) is 19.8 Å². The van der Waals surface area contributed by atoms with Gasteiger partial charge < -0.3 is 10.4 Å². The van der Waals surface area contributed by atoms with Gasteiger partial charge in [-0.2, -0.15) is 0 Å². The summed E-state index contributed by atoms with van der Waals surface area (Å²) < 4.78 is 0. The largest absolute Gasteiger partial charge is 0.508 e. The molecular formula is C30H26N2O2S. The van der Waals surface area contributed by atoms with Crippen LogP contribution < -0.4 is 5.32 Å². The van der Waals surface area contributed by atoms with Crippen molar-refractivity contribution in [3.63, 3.8) is 0 Å². The van der Waals surface area contributed by atoms with Crippen LogP contribution in [0.3, 0.4) is 0 Å². The van der Waals surface area contributed by atoms with Gasteiger partial charge in [0, 0.05) is 16.9 Å². The van der Waals surface area contributed by atoms with Crippen molar-refractivity contribution in [2.24, 2.45) is 5.41 Å². The van der Waals surface area contributed by atoms with Crippen LogP contribution in [0.1, 0.15) is 30.9 Å². The molecule has 174 valence electrons. The number of aromatic nitrogens is 1. The highest BCUT2D eigenvalue weighted by Crippen LogP contribution is 2.42. The highest BCUT2D eigenvalue weighted by Gasteiger charge is 2.39. The van der Waals surface area contributed by atoms with Crippen LogP contribution in [-0.2, 0) is 4.79 Å². The lowest BCUT2D eigenvalue weighted by Gasteiger charge is -2.33. The van der Waals surface area contributed by atoms with Gasteiger partial charge in [0.2, 0.25) is 5.91 Å². The van der Waals surface area contributed by atoms with E-state index in [-0.39, 0.29) is 17.6 Å². The Balaban J connectivity index is 1.42. The molecule has 0 saturated carbocycles. The van der Waals surface area contributed by atoms with Crippen molar-refractivity contribution < 1.29 is 9.90 Å². The van der Waals surface area contributed by atoms with Crippen LogP contribution in [0.2, 0.25) is 0 Å². The fraction of sp³-hybridized carbons (Fsp3) is 0.133. The topological polar surface area (TPSA) is 62.2 Å². The minimum absolute atomic E-state index is 0.112. The molecule has 0 radical (unpaired) electrons. The van der Waals surface area contributed by atoms with Crippen molar-refractivity contribution >= 4 is 33.1 Å². The fourth-order valence-electron chi connectivity index (χ4n) is 4.54. The zero-order chi connectivity index (χ0) is 24.4. The second-order valence-corrected chi connectivity index (χ2v) is 10.1. The number of phenolic OH excluding ortho intramolecular Hbond substituents is 1. The van der Waals surface area contributed by atoms with Crippen LogP contribution in [0, 0.1) is 5.41 Å². The maximum Gasteiger partial charge on any atom is 0.232 e. The van der Waals surface area contributed by atoms with Crippen molar-refractivity contribution in [3.8, 4) is 17.0 Å². The number of nitrogens with zero attached hydrogens (tertiary/aromatic N) is 1. The lowest BCUT2D eigenvalue weighted by molar-refractivity contribution is -0.124. The molecular weight excluding hydrogens is 452 g/mol. The number of fused-ring (bicyclic) bond motifs is 1. The van der Waals surface area contributed by atoms with E-state index in [0.29, 0.717) is 5.13 Å². The second-order valence-electron chi connectivity index (χ2n) is 9.21. The van der Waals surface area contributed by atoms with Crippen LogP contribution in [0.5, 0.6) is 5.75 Å². The smallest absolute Gasteiger partial charge is 0.232 e. The van der Waals surface area contributed by atoms with E-state index in [1.807, 2.05) is 73.8 Å². The Bertz CT molecular complexity index is 1470. The van der Waals surface area contributed by atoms with Crippen LogP contribution in [-0.4, -0.2) is 16.0 Å². The number of rotatable bonds is 6. The Morgan fingerprint density at radius 3 is 2.26 bits per heavy atom. The van der Waals surface area contributed by atoms with Gasteiger partial charge in [0.25, 0.3) is 0 Å². The van der Waals surface area contributed by atoms with Crippen molar-refractivity contribution in [1.29, 1.82) is 0 Å². The number of thiazole rings is 1. The highest BCUT2D eigenvalue weighted by atomic mass is 32.1. The average molecular weight is 479 g/mol. The van der Waals surface area contributed by atoms with Gasteiger partial charge >= 0.3 is 0 Å². The van der Waals surface area contributed by atoms with E-state index in [1.54, 1.807) is 12.1 Å². The number of nitrogens with one attached hydrogen (secondary N) is 1. The van der Waals surface area contributed by atoms with E-state index in [9.17, 15) is 9.90 Å². The minimum atomic E-state index is -0.785. The molecule has 0 bridgehead atoms. The first kappa shape index (κ1) is 22.8. The Morgan fingerprint density at radius 1 is 0.857 bits per heavy atom. The van der Waals surface area contributed by atoms with E-state index in [0.717, 1.165) is 27.8 Å². The normalized spacial score (nSPS) is 12.4. The molecule has 5 heteroatoms. The quantitative estimate of drug-likeness (QED) is 0.266. The van der Waals surface area contributed by atoms with Gasteiger partial charge in [-0.3, -0.25) is 4.79 Å². The Kier molecular flexibility index (Phi) is 6.10. The lowest BCUT2D eigenvalue weighted by Crippen LogP contribution is -2.37. The second kappa shape index (κ2) is 9.35. The molecule has 2 N–H and O–H groups in total. The van der Waals surface area contributed by atoms with E-state index < -0.39 is 5.41 Å². The molecule has 35 heavy (non-hydrogen) atoms. The van der Waals surface area contributed by atoms with E-state index >= 15 is 0 Å². The predicted octanol–water partition coefficient (Wildman–Crippen LogP) is 7.47. The molecule has 0 spiro atoms. The number of anilines is 1. The zero-order valence-electron chi connectivity index (χ0n) is 19.6. The number of aromatic hydroxyl groups is 1. The molecule has 1 aromatic heterocycles. The molecule has 1 unspecified atom stereocenters. The monoisotopic (exact) mass is 478 g/mol. The third-order valence-corrected chi connectivity index (χ3v) is 7.19. The first-order chi connectivity index (χ1) is 16.9. The Morgan fingerprint density at radius 2 is 1.51 bits per heavy atom. The van der Waals surface area contributed by atoms with Gasteiger partial charge in [0.1, 0.15) is 5.75 Å². The van der Waals surface area contributed by atoms with Crippen molar-refractivity contribution in [3.05, 3.63) is 114 Å². The van der Waals surface area contributed by atoms with Gasteiger partial charge in [-0.25, -0.2) is 4.98 Å². The highest BCUT2D eigenvalue weighted by molar-refractivity contribution is 7.14. The number of hydrogen-bond donors (Lipinski definition) is 2. The number of carbonyl (C=O) groups is 1. The summed E-state index contributed by atoms with van der Waals surface area (Å²) in [6.07, 6.45) is 0. The average Bonchev–Trinajstić information content (AvgIpc) is 3.34. The van der Waals surface area contributed by atoms with Crippen LogP contribution in [0.25, 0.3) is 22.0 Å². The van der Waals surface area contributed by atoms with Crippen LogP contribution in [0.15, 0.2) is 102 Å². The summed E-state index contributed by atoms with van der Waals surface area (Å²) in [7, 11) is 0. The summed E-state index contributed by atoms with van der Waals surface area (Å²) in [6, 6.07) is 31.6. The summed E-state index contributed by atoms with van der Waals surface area (Å²) in [5.41, 5.74) is 3.07. The molecule has 1 amide bonds. The summed E-state index contributed by atoms with van der Waals surface area (Å²) in [5, 5.41) is 17.7. The number of amides is 1. The molecule has 4 nitrogen and oxygen atoms in total. The van der Waals surface area contributed by atoms with E-state index in [1.165, 1.54) is 16.7 Å². The summed E-state index contributed by atoms with van der Waals surface area (Å²) in [4.78, 5) is 18.3. The van der Waals surface area contributed by atoms with Gasteiger partial charge in [0.15, 0.2) is 5.13 Å². The van der Waals surface area contributed by atoms with Gasteiger partial charge in [-0.05, 0) is 40.1 Å². The number of phenols is 1. The third-order valence-electron chi connectivity index (χ3n) is 6.44. The molecule has 5 rings (SSSR count). The first-order valence-corrected chi connectivity index (χ1v) is 12.4. The number of carbonyl (C=O) groups excluding carboxylic acids is 1. The summed E-state index contributed by atoms with van der Waals surface area (Å²) >= 11 is 1.42. The molecule has 0 aliphatic heterocycles. The van der Waals surface area contributed by atoms with E-state index in [4.69, 9.17) is 4.98 Å². The standard InChI is InChI=1S/C30H26N2O2S/c1-30(2,27(21-9-4-3-5-10-21)22-14-16-25(33)17-15-22)28(34)32-29-31-26(19-35-29)24-13-12-20-8-6-7-11-23(20)18-24/h3-19,27,33H,1-2H3,(H,31,32,34). The maximum atomic E-state index is 13.6. The van der Waals surface area contributed by atoms with Crippen LogP contribution >= 0.6 is 11.3 Å². The first-order valence-electron chi connectivity index (χ1n) is 11.5. The molecule has 0 aliphatic carbocycles. The predicted molar refractivity (Wildman–Crippen MR) is 144 cm³/mol. The number of benzene rings is 4. The van der Waals surface area contributed by atoms with Crippen molar-refractivity contribution in [2.75, 3.05) is 5.32 Å². The van der Waals surface area contributed by atoms with Crippen molar-refractivity contribution in [1.82, 2.24) is 4.98 Å². The molecule has 0 fully saturated rings.